The van der Waals surface area contributed by atoms with Crippen molar-refractivity contribution in [2.75, 3.05) is 12.8 Å². The first-order valence-corrected chi connectivity index (χ1v) is 6.01. The summed E-state index contributed by atoms with van der Waals surface area (Å²) >= 11 is 0. The fourth-order valence-corrected chi connectivity index (χ4v) is 1.85. The number of nitrogens with one attached hydrogen (secondary N) is 1. The van der Waals surface area contributed by atoms with E-state index in [0.29, 0.717) is 29.6 Å². The van der Waals surface area contributed by atoms with Gasteiger partial charge in [0.05, 0.1) is 7.11 Å². The Labute approximate surface area is 114 Å². The molecule has 7 heteroatoms. The van der Waals surface area contributed by atoms with E-state index in [9.17, 15) is 0 Å². The van der Waals surface area contributed by atoms with E-state index in [4.69, 9.17) is 15.0 Å². The van der Waals surface area contributed by atoms with Crippen LogP contribution in [0.15, 0.2) is 34.9 Å². The molecule has 0 saturated heterocycles. The van der Waals surface area contributed by atoms with Crippen LogP contribution in [0.1, 0.15) is 11.4 Å². The van der Waals surface area contributed by atoms with E-state index in [1.165, 1.54) is 0 Å². The summed E-state index contributed by atoms with van der Waals surface area (Å²) in [4.78, 5) is 4.30. The summed E-state index contributed by atoms with van der Waals surface area (Å²) in [6.07, 6.45) is 0.560. The Morgan fingerprint density at radius 2 is 2.25 bits per heavy atom. The molecule has 0 atom stereocenters. The highest BCUT2D eigenvalue weighted by atomic mass is 16.5. The monoisotopic (exact) mass is 271 g/mol. The summed E-state index contributed by atoms with van der Waals surface area (Å²) in [7, 11) is 1.63. The Hall–Kier alpha value is -2.83. The summed E-state index contributed by atoms with van der Waals surface area (Å²) in [6, 6.07) is 9.36. The van der Waals surface area contributed by atoms with Crippen LogP contribution in [0.3, 0.4) is 0 Å². The lowest BCUT2D eigenvalue weighted by Gasteiger charge is -2.01. The molecule has 0 aliphatic heterocycles. The van der Waals surface area contributed by atoms with Crippen molar-refractivity contribution in [3.63, 3.8) is 0 Å². The summed E-state index contributed by atoms with van der Waals surface area (Å²) in [5.74, 6) is 2.13. The molecular weight excluding hydrogens is 258 g/mol. The predicted octanol–water partition coefficient (Wildman–Crippen LogP) is 1.64. The van der Waals surface area contributed by atoms with Gasteiger partial charge in [0.15, 0.2) is 5.82 Å². The van der Waals surface area contributed by atoms with Crippen molar-refractivity contribution in [3.8, 4) is 17.3 Å². The molecule has 0 spiro atoms. The van der Waals surface area contributed by atoms with Crippen molar-refractivity contribution < 1.29 is 9.26 Å². The third kappa shape index (κ3) is 2.46. The van der Waals surface area contributed by atoms with Gasteiger partial charge in [0, 0.05) is 12.5 Å². The van der Waals surface area contributed by atoms with Crippen molar-refractivity contribution in [1.29, 1.82) is 0 Å². The van der Waals surface area contributed by atoms with E-state index in [1.54, 1.807) is 13.2 Å². The number of hydrogen-bond donors (Lipinski definition) is 2. The maximum absolute atomic E-state index is 5.53. The van der Waals surface area contributed by atoms with Crippen molar-refractivity contribution in [1.82, 2.24) is 20.3 Å². The topological polar surface area (TPSA) is 103 Å². The quantitative estimate of drug-likeness (QED) is 0.747. The Morgan fingerprint density at radius 3 is 3.00 bits per heavy atom. The molecule has 0 bridgehead atoms. The third-order valence-electron chi connectivity index (χ3n) is 2.79. The number of nitrogen functional groups attached to an aromatic ring is 1. The lowest BCUT2D eigenvalue weighted by Crippen LogP contribution is -1.92. The molecule has 3 rings (SSSR count). The summed E-state index contributed by atoms with van der Waals surface area (Å²) in [5, 5.41) is 10.5. The van der Waals surface area contributed by atoms with Crippen LogP contribution >= 0.6 is 0 Å². The van der Waals surface area contributed by atoms with E-state index in [1.807, 2.05) is 24.3 Å². The number of hydrogen-bond acceptors (Lipinski definition) is 6. The number of ether oxygens (including phenoxy) is 1. The van der Waals surface area contributed by atoms with Crippen LogP contribution in [0.4, 0.5) is 5.82 Å². The first-order chi connectivity index (χ1) is 9.74. The summed E-state index contributed by atoms with van der Waals surface area (Å²) < 4.78 is 10.4. The number of nitrogens with zero attached hydrogens (tertiary/aromatic N) is 3. The maximum atomic E-state index is 5.53. The van der Waals surface area contributed by atoms with Crippen LogP contribution in [-0.4, -0.2) is 27.4 Å². The zero-order valence-corrected chi connectivity index (χ0v) is 10.8. The van der Waals surface area contributed by atoms with Gasteiger partial charge in [-0.3, -0.25) is 5.10 Å². The average Bonchev–Trinajstić information content (AvgIpc) is 3.08. The molecule has 0 aliphatic carbocycles. The highest BCUT2D eigenvalue weighted by Crippen LogP contribution is 2.18. The van der Waals surface area contributed by atoms with Crippen LogP contribution < -0.4 is 10.5 Å². The van der Waals surface area contributed by atoms with Gasteiger partial charge in [-0.1, -0.05) is 17.3 Å². The molecule has 102 valence electrons. The molecule has 1 aromatic carbocycles. The Balaban J connectivity index is 1.80. The van der Waals surface area contributed by atoms with E-state index in [0.717, 1.165) is 11.3 Å². The number of rotatable bonds is 4. The van der Waals surface area contributed by atoms with Crippen LogP contribution in [0.2, 0.25) is 0 Å². The Kier molecular flexibility index (Phi) is 3.08. The SMILES string of the molecule is COc1cccc(Cc2noc(-c3cc(N)n[nH]3)n2)c1. The standard InChI is InChI=1S/C13H13N5O2/c1-19-9-4-2-3-8(5-9)6-12-15-13(20-18-12)10-7-11(14)17-16-10/h2-5,7H,6H2,1H3,(H3,14,16,17). The Bertz CT molecular complexity index is 719. The van der Waals surface area contributed by atoms with Gasteiger partial charge < -0.3 is 15.0 Å². The normalized spacial score (nSPS) is 10.7. The largest absolute Gasteiger partial charge is 0.497 e. The first kappa shape index (κ1) is 12.2. The summed E-state index contributed by atoms with van der Waals surface area (Å²) in [5.41, 5.74) is 7.18. The second-order valence-corrected chi connectivity index (χ2v) is 4.25. The molecule has 0 fully saturated rings. The number of aromatic amines is 1. The zero-order valence-electron chi connectivity index (χ0n) is 10.8. The number of aromatic nitrogens is 4. The van der Waals surface area contributed by atoms with Crippen LogP contribution in [0, 0.1) is 0 Å². The van der Waals surface area contributed by atoms with Gasteiger partial charge in [0.1, 0.15) is 17.3 Å². The van der Waals surface area contributed by atoms with Crippen molar-refractivity contribution in [2.45, 2.75) is 6.42 Å². The van der Waals surface area contributed by atoms with E-state index < -0.39 is 0 Å². The number of anilines is 1. The molecule has 7 nitrogen and oxygen atoms in total. The molecule has 0 saturated carbocycles. The molecule has 3 aromatic rings. The molecule has 3 N–H and O–H groups in total. The van der Waals surface area contributed by atoms with Gasteiger partial charge >= 0.3 is 0 Å². The van der Waals surface area contributed by atoms with Crippen LogP contribution in [0.5, 0.6) is 5.75 Å². The lowest BCUT2D eigenvalue weighted by molar-refractivity contribution is 0.414. The molecule has 2 aromatic heterocycles. The number of benzene rings is 1. The highest BCUT2D eigenvalue weighted by Gasteiger charge is 2.11. The van der Waals surface area contributed by atoms with Gasteiger partial charge in [-0.2, -0.15) is 10.1 Å². The molecule has 20 heavy (non-hydrogen) atoms. The van der Waals surface area contributed by atoms with Gasteiger partial charge in [-0.15, -0.1) is 0 Å². The maximum Gasteiger partial charge on any atom is 0.276 e. The minimum atomic E-state index is 0.368. The fraction of sp³-hybridized carbons (Fsp3) is 0.154. The molecule has 0 amide bonds. The van der Waals surface area contributed by atoms with Gasteiger partial charge in [-0.25, -0.2) is 0 Å². The van der Waals surface area contributed by atoms with E-state index in [-0.39, 0.29) is 0 Å². The molecule has 0 aliphatic rings. The minimum absolute atomic E-state index is 0.368. The molecule has 0 unspecified atom stereocenters. The number of nitrogens with two attached hydrogens (primary N) is 1. The van der Waals surface area contributed by atoms with Crippen molar-refractivity contribution in [2.24, 2.45) is 0 Å². The van der Waals surface area contributed by atoms with Crippen molar-refractivity contribution >= 4 is 5.82 Å². The predicted molar refractivity (Wildman–Crippen MR) is 72.1 cm³/mol. The van der Waals surface area contributed by atoms with Crippen LogP contribution in [0.25, 0.3) is 11.6 Å². The van der Waals surface area contributed by atoms with Gasteiger partial charge in [-0.05, 0) is 17.7 Å². The van der Waals surface area contributed by atoms with Crippen LogP contribution in [-0.2, 0) is 6.42 Å². The second-order valence-electron chi connectivity index (χ2n) is 4.25. The highest BCUT2D eigenvalue weighted by molar-refractivity contribution is 5.51. The second kappa shape index (κ2) is 5.04. The Morgan fingerprint density at radius 1 is 1.35 bits per heavy atom. The van der Waals surface area contributed by atoms with E-state index >= 15 is 0 Å². The average molecular weight is 271 g/mol. The van der Waals surface area contributed by atoms with E-state index in [2.05, 4.69) is 20.3 Å². The first-order valence-electron chi connectivity index (χ1n) is 6.01. The van der Waals surface area contributed by atoms with Gasteiger partial charge in [0.25, 0.3) is 5.89 Å². The number of methoxy groups -OCH3 is 1. The zero-order chi connectivity index (χ0) is 13.9. The van der Waals surface area contributed by atoms with Gasteiger partial charge in [0.2, 0.25) is 0 Å². The van der Waals surface area contributed by atoms with Crippen molar-refractivity contribution in [3.05, 3.63) is 41.7 Å². The molecule has 0 radical (unpaired) electrons. The lowest BCUT2D eigenvalue weighted by atomic mass is 10.1. The minimum Gasteiger partial charge on any atom is -0.497 e. The third-order valence-corrected chi connectivity index (χ3v) is 2.79. The fourth-order valence-electron chi connectivity index (χ4n) is 1.85. The molecule has 2 heterocycles. The summed E-state index contributed by atoms with van der Waals surface area (Å²) in [6.45, 7) is 0. The number of H-pyrrole nitrogens is 1. The smallest absolute Gasteiger partial charge is 0.276 e. The molecular formula is C13H13N5O2.